The fourth-order valence-corrected chi connectivity index (χ4v) is 3.09. The molecule has 4 nitrogen and oxygen atoms in total. The molecule has 1 aromatic carbocycles. The maximum atomic E-state index is 12.6. The molecule has 2 N–H and O–H groups in total. The SMILES string of the molecule is CCCC1CCCN(C(=O)c2ccc(N)c(OC)c2)CC1. The van der Waals surface area contributed by atoms with E-state index in [1.807, 2.05) is 4.90 Å². The number of carbonyl (C=O) groups is 1. The van der Waals surface area contributed by atoms with Gasteiger partial charge in [-0.3, -0.25) is 4.79 Å². The van der Waals surface area contributed by atoms with E-state index in [1.165, 1.54) is 19.3 Å². The van der Waals surface area contributed by atoms with Gasteiger partial charge in [0, 0.05) is 18.7 Å². The van der Waals surface area contributed by atoms with Gasteiger partial charge in [0.15, 0.2) is 0 Å². The Labute approximate surface area is 127 Å². The number of benzene rings is 1. The minimum atomic E-state index is 0.0884. The molecular weight excluding hydrogens is 264 g/mol. The molecule has 2 rings (SSSR count). The second kappa shape index (κ2) is 7.34. The van der Waals surface area contributed by atoms with Crippen LogP contribution in [0.25, 0.3) is 0 Å². The highest BCUT2D eigenvalue weighted by Gasteiger charge is 2.21. The van der Waals surface area contributed by atoms with Crippen molar-refractivity contribution in [2.45, 2.75) is 39.0 Å². The van der Waals surface area contributed by atoms with E-state index in [4.69, 9.17) is 10.5 Å². The van der Waals surface area contributed by atoms with Crippen molar-refractivity contribution >= 4 is 11.6 Å². The minimum Gasteiger partial charge on any atom is -0.495 e. The van der Waals surface area contributed by atoms with Crippen molar-refractivity contribution in [2.75, 3.05) is 25.9 Å². The van der Waals surface area contributed by atoms with E-state index in [-0.39, 0.29) is 5.91 Å². The van der Waals surface area contributed by atoms with Crippen molar-refractivity contribution in [1.29, 1.82) is 0 Å². The predicted molar refractivity (Wildman–Crippen MR) is 85.6 cm³/mol. The fraction of sp³-hybridized carbons (Fsp3) is 0.588. The zero-order valence-electron chi connectivity index (χ0n) is 13.1. The monoisotopic (exact) mass is 290 g/mol. The van der Waals surface area contributed by atoms with Crippen molar-refractivity contribution in [3.63, 3.8) is 0 Å². The van der Waals surface area contributed by atoms with Crippen molar-refractivity contribution in [3.05, 3.63) is 23.8 Å². The van der Waals surface area contributed by atoms with E-state index in [0.29, 0.717) is 17.0 Å². The highest BCUT2D eigenvalue weighted by molar-refractivity contribution is 5.95. The van der Waals surface area contributed by atoms with Gasteiger partial charge in [0.05, 0.1) is 12.8 Å². The van der Waals surface area contributed by atoms with E-state index in [0.717, 1.165) is 31.8 Å². The molecule has 0 saturated carbocycles. The number of nitrogens with two attached hydrogens (primary N) is 1. The van der Waals surface area contributed by atoms with Gasteiger partial charge in [-0.05, 0) is 43.4 Å². The van der Waals surface area contributed by atoms with Gasteiger partial charge in [0.25, 0.3) is 5.91 Å². The van der Waals surface area contributed by atoms with Gasteiger partial charge in [0.1, 0.15) is 5.75 Å². The zero-order chi connectivity index (χ0) is 15.2. The van der Waals surface area contributed by atoms with Crippen LogP contribution in [-0.2, 0) is 0 Å². The Morgan fingerprint density at radius 2 is 2.19 bits per heavy atom. The number of anilines is 1. The topological polar surface area (TPSA) is 55.6 Å². The third-order valence-electron chi connectivity index (χ3n) is 4.31. The molecule has 1 aromatic rings. The second-order valence-corrected chi connectivity index (χ2v) is 5.83. The first-order chi connectivity index (χ1) is 10.2. The summed E-state index contributed by atoms with van der Waals surface area (Å²) in [5.74, 6) is 1.43. The van der Waals surface area contributed by atoms with Crippen LogP contribution in [-0.4, -0.2) is 31.0 Å². The maximum absolute atomic E-state index is 12.6. The molecule has 0 spiro atoms. The van der Waals surface area contributed by atoms with Crippen LogP contribution in [0.3, 0.4) is 0 Å². The Morgan fingerprint density at radius 3 is 2.90 bits per heavy atom. The summed E-state index contributed by atoms with van der Waals surface area (Å²) in [6.07, 6.45) is 5.96. The number of carbonyl (C=O) groups excluding carboxylic acids is 1. The Morgan fingerprint density at radius 1 is 1.38 bits per heavy atom. The molecule has 0 radical (unpaired) electrons. The lowest BCUT2D eigenvalue weighted by atomic mass is 9.96. The second-order valence-electron chi connectivity index (χ2n) is 5.83. The van der Waals surface area contributed by atoms with Crippen molar-refractivity contribution in [3.8, 4) is 5.75 Å². The van der Waals surface area contributed by atoms with Crippen LogP contribution in [0.4, 0.5) is 5.69 Å². The molecule has 1 saturated heterocycles. The summed E-state index contributed by atoms with van der Waals surface area (Å²) in [5, 5.41) is 0. The lowest BCUT2D eigenvalue weighted by Gasteiger charge is -2.21. The maximum Gasteiger partial charge on any atom is 0.253 e. The molecule has 0 aromatic heterocycles. The number of likely N-dealkylation sites (tertiary alicyclic amines) is 1. The van der Waals surface area contributed by atoms with E-state index >= 15 is 0 Å². The molecule has 1 aliphatic rings. The van der Waals surface area contributed by atoms with Gasteiger partial charge in [-0.2, -0.15) is 0 Å². The number of rotatable bonds is 4. The number of amides is 1. The third-order valence-corrected chi connectivity index (χ3v) is 4.31. The van der Waals surface area contributed by atoms with Gasteiger partial charge in [-0.1, -0.05) is 19.8 Å². The van der Waals surface area contributed by atoms with Gasteiger partial charge in [-0.15, -0.1) is 0 Å². The zero-order valence-corrected chi connectivity index (χ0v) is 13.1. The lowest BCUT2D eigenvalue weighted by Crippen LogP contribution is -2.32. The van der Waals surface area contributed by atoms with Gasteiger partial charge in [-0.25, -0.2) is 0 Å². The summed E-state index contributed by atoms with van der Waals surface area (Å²) < 4.78 is 5.20. The molecule has 1 heterocycles. The Balaban J connectivity index is 2.06. The van der Waals surface area contributed by atoms with Crippen LogP contribution in [0.1, 0.15) is 49.4 Å². The first kappa shape index (κ1) is 15.7. The van der Waals surface area contributed by atoms with Gasteiger partial charge >= 0.3 is 0 Å². The first-order valence-corrected chi connectivity index (χ1v) is 7.88. The molecule has 0 aliphatic carbocycles. The molecule has 116 valence electrons. The molecule has 0 bridgehead atoms. The molecule has 1 unspecified atom stereocenters. The summed E-state index contributed by atoms with van der Waals surface area (Å²) in [4.78, 5) is 14.6. The Kier molecular flexibility index (Phi) is 5.48. The van der Waals surface area contributed by atoms with E-state index in [1.54, 1.807) is 25.3 Å². The van der Waals surface area contributed by atoms with Crippen LogP contribution < -0.4 is 10.5 Å². The van der Waals surface area contributed by atoms with E-state index in [2.05, 4.69) is 6.92 Å². The molecule has 1 aliphatic heterocycles. The molecule has 1 amide bonds. The normalized spacial score (nSPS) is 19.1. The number of methoxy groups -OCH3 is 1. The van der Waals surface area contributed by atoms with E-state index < -0.39 is 0 Å². The highest BCUT2D eigenvalue weighted by atomic mass is 16.5. The average molecular weight is 290 g/mol. The summed E-state index contributed by atoms with van der Waals surface area (Å²) in [5.41, 5.74) is 7.03. The van der Waals surface area contributed by atoms with Crippen LogP contribution >= 0.6 is 0 Å². The van der Waals surface area contributed by atoms with Crippen molar-refractivity contribution in [1.82, 2.24) is 4.90 Å². The minimum absolute atomic E-state index is 0.0884. The summed E-state index contributed by atoms with van der Waals surface area (Å²) >= 11 is 0. The lowest BCUT2D eigenvalue weighted by molar-refractivity contribution is 0.0759. The molecule has 1 fully saturated rings. The van der Waals surface area contributed by atoms with Gasteiger partial charge < -0.3 is 15.4 Å². The van der Waals surface area contributed by atoms with Crippen LogP contribution in [0, 0.1) is 5.92 Å². The molecule has 1 atom stereocenters. The van der Waals surface area contributed by atoms with Crippen LogP contribution in [0.2, 0.25) is 0 Å². The summed E-state index contributed by atoms with van der Waals surface area (Å²) in [6, 6.07) is 5.27. The van der Waals surface area contributed by atoms with Crippen molar-refractivity contribution in [2.24, 2.45) is 5.92 Å². The van der Waals surface area contributed by atoms with Crippen molar-refractivity contribution < 1.29 is 9.53 Å². The van der Waals surface area contributed by atoms with E-state index in [9.17, 15) is 4.79 Å². The standard InChI is InChI=1S/C17H26N2O2/c1-3-5-13-6-4-10-19(11-9-13)17(20)14-7-8-15(18)16(12-14)21-2/h7-8,12-13H,3-6,9-11,18H2,1-2H3. The Hall–Kier alpha value is -1.71. The number of ether oxygens (including phenoxy) is 1. The molecular formula is C17H26N2O2. The average Bonchev–Trinajstić information content (AvgIpc) is 2.73. The number of hydrogen-bond acceptors (Lipinski definition) is 3. The molecule has 21 heavy (non-hydrogen) atoms. The molecule has 4 heteroatoms. The van der Waals surface area contributed by atoms with Gasteiger partial charge in [0.2, 0.25) is 0 Å². The highest BCUT2D eigenvalue weighted by Crippen LogP contribution is 2.25. The number of nitrogen functional groups attached to an aromatic ring is 1. The Bertz CT molecular complexity index is 488. The summed E-state index contributed by atoms with van der Waals surface area (Å²) in [6.45, 7) is 3.94. The first-order valence-electron chi connectivity index (χ1n) is 7.88. The smallest absolute Gasteiger partial charge is 0.253 e. The van der Waals surface area contributed by atoms with Crippen LogP contribution in [0.15, 0.2) is 18.2 Å². The third kappa shape index (κ3) is 3.90. The largest absolute Gasteiger partial charge is 0.495 e. The quantitative estimate of drug-likeness (QED) is 0.865. The number of hydrogen-bond donors (Lipinski definition) is 1. The van der Waals surface area contributed by atoms with Crippen LogP contribution in [0.5, 0.6) is 5.75 Å². The summed E-state index contributed by atoms with van der Waals surface area (Å²) in [7, 11) is 1.57. The fourth-order valence-electron chi connectivity index (χ4n) is 3.09. The number of nitrogens with zero attached hydrogens (tertiary/aromatic N) is 1. The predicted octanol–water partition coefficient (Wildman–Crippen LogP) is 3.32.